The van der Waals surface area contributed by atoms with E-state index in [1.807, 2.05) is 12.1 Å². The fourth-order valence-electron chi connectivity index (χ4n) is 2.60. The molecule has 1 aliphatic heterocycles. The zero-order chi connectivity index (χ0) is 16.8. The smallest absolute Gasteiger partial charge is 0.252 e. The number of amides is 1. The van der Waals surface area contributed by atoms with Crippen molar-refractivity contribution in [1.82, 2.24) is 20.0 Å². The molecule has 128 valence electrons. The van der Waals surface area contributed by atoms with Crippen molar-refractivity contribution >= 4 is 5.91 Å². The number of likely N-dealkylation sites (tertiary alicyclic amines) is 1. The van der Waals surface area contributed by atoms with Crippen LogP contribution in [0.2, 0.25) is 0 Å². The molecule has 0 N–H and O–H groups in total. The Bertz CT molecular complexity index is 653. The lowest BCUT2D eigenvalue weighted by Crippen LogP contribution is -2.42. The zero-order valence-corrected chi connectivity index (χ0v) is 13.6. The highest BCUT2D eigenvalue weighted by molar-refractivity contribution is 5.77. The van der Waals surface area contributed by atoms with Gasteiger partial charge in [-0.1, -0.05) is 5.16 Å². The van der Waals surface area contributed by atoms with Crippen LogP contribution in [0, 0.1) is 0 Å². The summed E-state index contributed by atoms with van der Waals surface area (Å²) >= 11 is 0. The van der Waals surface area contributed by atoms with Gasteiger partial charge in [0, 0.05) is 38.2 Å². The highest BCUT2D eigenvalue weighted by Crippen LogP contribution is 2.17. The maximum Gasteiger partial charge on any atom is 0.252 e. The number of nitrogens with zero attached hydrogens (tertiary/aromatic N) is 4. The molecule has 3 heterocycles. The molecule has 2 aromatic rings. The molecule has 0 aromatic carbocycles. The fourth-order valence-corrected chi connectivity index (χ4v) is 2.60. The second-order valence-electron chi connectivity index (χ2n) is 5.58. The van der Waals surface area contributed by atoms with Crippen molar-refractivity contribution in [3.8, 4) is 11.4 Å². The topological polar surface area (TPSA) is 90.6 Å². The third-order valence-electron chi connectivity index (χ3n) is 3.89. The molecular weight excluding hydrogens is 312 g/mol. The standard InChI is InChI=1S/C16H20N4O4/c1-22-11-15(21)20-7-4-13(5-8-20)23-10-14-18-16(19-24-14)12-3-2-6-17-9-12/h2-3,6,9,13H,4-5,7-8,10-11H2,1H3. The summed E-state index contributed by atoms with van der Waals surface area (Å²) in [5, 5.41) is 3.93. The van der Waals surface area contributed by atoms with Gasteiger partial charge in [-0.15, -0.1) is 0 Å². The Balaban J connectivity index is 1.46. The molecule has 8 nitrogen and oxygen atoms in total. The second kappa shape index (κ2) is 7.98. The third kappa shape index (κ3) is 4.15. The molecule has 1 aliphatic rings. The Kier molecular flexibility index (Phi) is 5.50. The van der Waals surface area contributed by atoms with Gasteiger partial charge in [0.25, 0.3) is 5.89 Å². The molecule has 0 atom stereocenters. The van der Waals surface area contributed by atoms with E-state index in [0.717, 1.165) is 18.4 Å². The first-order chi connectivity index (χ1) is 11.8. The monoisotopic (exact) mass is 332 g/mol. The quantitative estimate of drug-likeness (QED) is 0.787. The van der Waals surface area contributed by atoms with Crippen LogP contribution in [-0.4, -0.2) is 58.8 Å². The van der Waals surface area contributed by atoms with Crippen LogP contribution in [0.3, 0.4) is 0 Å². The van der Waals surface area contributed by atoms with Crippen molar-refractivity contribution in [3.63, 3.8) is 0 Å². The highest BCUT2D eigenvalue weighted by Gasteiger charge is 2.23. The van der Waals surface area contributed by atoms with Crippen molar-refractivity contribution in [3.05, 3.63) is 30.4 Å². The Morgan fingerprint density at radius 2 is 2.25 bits per heavy atom. The van der Waals surface area contributed by atoms with Crippen molar-refractivity contribution < 1.29 is 18.8 Å². The molecule has 0 saturated carbocycles. The largest absolute Gasteiger partial charge is 0.375 e. The van der Waals surface area contributed by atoms with Crippen LogP contribution >= 0.6 is 0 Å². The number of ether oxygens (including phenoxy) is 2. The molecule has 0 spiro atoms. The first-order valence-electron chi connectivity index (χ1n) is 7.87. The van der Waals surface area contributed by atoms with Crippen LogP contribution in [0.1, 0.15) is 18.7 Å². The second-order valence-corrected chi connectivity index (χ2v) is 5.58. The summed E-state index contributed by atoms with van der Waals surface area (Å²) in [4.78, 5) is 21.9. The van der Waals surface area contributed by atoms with Crippen molar-refractivity contribution in [2.24, 2.45) is 0 Å². The molecule has 1 fully saturated rings. The number of piperidine rings is 1. The van der Waals surface area contributed by atoms with E-state index in [1.165, 1.54) is 7.11 Å². The number of carbonyl (C=O) groups is 1. The van der Waals surface area contributed by atoms with Crippen LogP contribution in [0.15, 0.2) is 29.0 Å². The maximum absolute atomic E-state index is 11.7. The molecule has 8 heteroatoms. The molecule has 24 heavy (non-hydrogen) atoms. The summed E-state index contributed by atoms with van der Waals surface area (Å²) in [5.74, 6) is 0.961. The van der Waals surface area contributed by atoms with Gasteiger partial charge in [0.15, 0.2) is 0 Å². The number of hydrogen-bond donors (Lipinski definition) is 0. The predicted octanol–water partition coefficient (Wildman–Crippen LogP) is 1.29. The summed E-state index contributed by atoms with van der Waals surface area (Å²) in [5.41, 5.74) is 0.803. The van der Waals surface area contributed by atoms with Gasteiger partial charge in [0.05, 0.1) is 6.10 Å². The summed E-state index contributed by atoms with van der Waals surface area (Å²) < 4.78 is 15.9. The normalized spacial score (nSPS) is 15.6. The van der Waals surface area contributed by atoms with Crippen molar-refractivity contribution in [2.45, 2.75) is 25.6 Å². The average Bonchev–Trinajstić information content (AvgIpc) is 3.10. The lowest BCUT2D eigenvalue weighted by molar-refractivity contribution is -0.138. The third-order valence-corrected chi connectivity index (χ3v) is 3.89. The van der Waals surface area contributed by atoms with E-state index in [-0.39, 0.29) is 25.2 Å². The lowest BCUT2D eigenvalue weighted by Gasteiger charge is -2.31. The van der Waals surface area contributed by atoms with Gasteiger partial charge in [-0.3, -0.25) is 9.78 Å². The van der Waals surface area contributed by atoms with E-state index >= 15 is 0 Å². The summed E-state index contributed by atoms with van der Waals surface area (Å²) in [7, 11) is 1.53. The predicted molar refractivity (Wildman–Crippen MR) is 83.8 cm³/mol. The summed E-state index contributed by atoms with van der Waals surface area (Å²) in [6.07, 6.45) is 5.04. The van der Waals surface area contributed by atoms with E-state index in [4.69, 9.17) is 14.0 Å². The van der Waals surface area contributed by atoms with Crippen molar-refractivity contribution in [1.29, 1.82) is 0 Å². The van der Waals surface area contributed by atoms with Crippen LogP contribution in [0.4, 0.5) is 0 Å². The van der Waals surface area contributed by atoms with E-state index in [9.17, 15) is 4.79 Å². The van der Waals surface area contributed by atoms with Gasteiger partial charge in [-0.25, -0.2) is 0 Å². The summed E-state index contributed by atoms with van der Waals surface area (Å²) in [6, 6.07) is 3.69. The maximum atomic E-state index is 11.7. The van der Waals surface area contributed by atoms with Gasteiger partial charge in [0.2, 0.25) is 11.7 Å². The first kappa shape index (κ1) is 16.5. The minimum Gasteiger partial charge on any atom is -0.375 e. The number of pyridine rings is 1. The molecule has 0 radical (unpaired) electrons. The molecule has 0 bridgehead atoms. The summed E-state index contributed by atoms with van der Waals surface area (Å²) in [6.45, 7) is 1.75. The SMILES string of the molecule is COCC(=O)N1CCC(OCc2nc(-c3cccnc3)no2)CC1. The van der Waals surface area contributed by atoms with Gasteiger partial charge in [-0.05, 0) is 25.0 Å². The van der Waals surface area contributed by atoms with Crippen LogP contribution < -0.4 is 0 Å². The fraction of sp³-hybridized carbons (Fsp3) is 0.500. The Hall–Kier alpha value is -2.32. The molecule has 1 saturated heterocycles. The number of carbonyl (C=O) groups excluding carboxylic acids is 1. The lowest BCUT2D eigenvalue weighted by atomic mass is 10.1. The van der Waals surface area contributed by atoms with Gasteiger partial charge in [0.1, 0.15) is 13.2 Å². The van der Waals surface area contributed by atoms with E-state index in [2.05, 4.69) is 15.1 Å². The molecule has 2 aromatic heterocycles. The highest BCUT2D eigenvalue weighted by atomic mass is 16.5. The molecule has 3 rings (SSSR count). The van der Waals surface area contributed by atoms with E-state index in [1.54, 1.807) is 17.3 Å². The van der Waals surface area contributed by atoms with Gasteiger partial charge in [-0.2, -0.15) is 4.98 Å². The van der Waals surface area contributed by atoms with Crippen LogP contribution in [0.25, 0.3) is 11.4 Å². The van der Waals surface area contributed by atoms with Crippen LogP contribution in [0.5, 0.6) is 0 Å². The van der Waals surface area contributed by atoms with E-state index < -0.39 is 0 Å². The van der Waals surface area contributed by atoms with Gasteiger partial charge < -0.3 is 18.9 Å². The minimum absolute atomic E-state index is 0.0222. The molecule has 0 unspecified atom stereocenters. The van der Waals surface area contributed by atoms with E-state index in [0.29, 0.717) is 24.8 Å². The molecule has 1 amide bonds. The zero-order valence-electron chi connectivity index (χ0n) is 13.6. The Labute approximate surface area is 139 Å². The van der Waals surface area contributed by atoms with Gasteiger partial charge >= 0.3 is 0 Å². The Morgan fingerprint density at radius 1 is 1.42 bits per heavy atom. The first-order valence-corrected chi connectivity index (χ1v) is 7.87. The number of aromatic nitrogens is 3. The van der Waals surface area contributed by atoms with Crippen molar-refractivity contribution in [2.75, 3.05) is 26.8 Å². The molecule has 0 aliphatic carbocycles. The number of hydrogen-bond acceptors (Lipinski definition) is 7. The number of rotatable bonds is 6. The molecular formula is C16H20N4O4. The average molecular weight is 332 g/mol. The number of methoxy groups -OCH3 is 1. The minimum atomic E-state index is 0.0222. The Morgan fingerprint density at radius 3 is 2.96 bits per heavy atom. The van der Waals surface area contributed by atoms with Crippen LogP contribution in [-0.2, 0) is 20.9 Å².